The maximum Gasteiger partial charge on any atom is 0.0991 e. The van der Waals surface area contributed by atoms with Crippen molar-refractivity contribution in [3.05, 3.63) is 145 Å². The SMILES string of the molecule is N#Cc1ccc(-n2c3ccccc3c3cccc(-c4ccccc4-n4c5ccccc5c5cc(C#N)ccc54)c32)cc1. The van der Waals surface area contributed by atoms with Crippen LogP contribution in [0.4, 0.5) is 0 Å². The minimum atomic E-state index is 0.635. The Morgan fingerprint density at radius 3 is 1.76 bits per heavy atom. The molecule has 0 amide bonds. The summed E-state index contributed by atoms with van der Waals surface area (Å²) in [5.41, 5.74) is 9.95. The maximum absolute atomic E-state index is 9.62. The highest BCUT2D eigenvalue weighted by Gasteiger charge is 2.20. The van der Waals surface area contributed by atoms with E-state index in [4.69, 9.17) is 0 Å². The second-order valence-electron chi connectivity index (χ2n) is 10.4. The largest absolute Gasteiger partial charge is 0.309 e. The Bertz CT molecular complexity index is 2430. The molecule has 8 aromatic rings. The zero-order valence-corrected chi connectivity index (χ0v) is 22.5. The molecule has 0 atom stereocenters. The van der Waals surface area contributed by atoms with E-state index >= 15 is 0 Å². The molecule has 0 aliphatic carbocycles. The van der Waals surface area contributed by atoms with Gasteiger partial charge >= 0.3 is 0 Å². The van der Waals surface area contributed by atoms with E-state index in [0.717, 1.165) is 55.3 Å². The molecule has 2 heterocycles. The molecule has 0 saturated heterocycles. The molecule has 0 aliphatic heterocycles. The second-order valence-corrected chi connectivity index (χ2v) is 10.4. The molecule has 42 heavy (non-hydrogen) atoms. The molecule has 4 nitrogen and oxygen atoms in total. The molecule has 6 aromatic carbocycles. The van der Waals surface area contributed by atoms with Crippen LogP contribution in [0.3, 0.4) is 0 Å². The molecule has 4 heteroatoms. The molecule has 0 fully saturated rings. The average Bonchev–Trinajstić information content (AvgIpc) is 3.57. The molecule has 2 aromatic heterocycles. The van der Waals surface area contributed by atoms with Crippen molar-refractivity contribution in [2.75, 3.05) is 0 Å². The van der Waals surface area contributed by atoms with Crippen LogP contribution in [-0.2, 0) is 0 Å². The number of rotatable bonds is 3. The molecule has 0 aliphatic rings. The highest BCUT2D eigenvalue weighted by atomic mass is 15.0. The Morgan fingerprint density at radius 1 is 0.429 bits per heavy atom. The van der Waals surface area contributed by atoms with Gasteiger partial charge in [0.15, 0.2) is 0 Å². The standard InChI is InChI=1S/C38H22N4/c39-23-25-16-19-27(20-17-25)41-34-13-4-1-8-28(34)31-11-7-12-32(38(31)41)29-9-2-5-14-35(29)42-36-15-6-3-10-30(36)33-22-26(24-40)18-21-37(33)42/h1-22H. The van der Waals surface area contributed by atoms with Gasteiger partial charge < -0.3 is 9.13 Å². The summed E-state index contributed by atoms with van der Waals surface area (Å²) in [5, 5.41) is 23.6. The molecule has 0 spiro atoms. The Morgan fingerprint density at radius 2 is 1.00 bits per heavy atom. The number of para-hydroxylation sites is 4. The summed E-state index contributed by atoms with van der Waals surface area (Å²) in [5.74, 6) is 0. The van der Waals surface area contributed by atoms with Crippen LogP contribution in [-0.4, -0.2) is 9.13 Å². The van der Waals surface area contributed by atoms with Crippen LogP contribution in [0, 0.1) is 22.7 Å². The minimum Gasteiger partial charge on any atom is -0.309 e. The van der Waals surface area contributed by atoms with Gasteiger partial charge in [-0.25, -0.2) is 0 Å². The van der Waals surface area contributed by atoms with E-state index in [1.54, 1.807) is 0 Å². The van der Waals surface area contributed by atoms with E-state index in [9.17, 15) is 10.5 Å². The lowest BCUT2D eigenvalue weighted by Gasteiger charge is -2.16. The van der Waals surface area contributed by atoms with Crippen LogP contribution < -0.4 is 0 Å². The number of nitrogens with zero attached hydrogens (tertiary/aromatic N) is 4. The second kappa shape index (κ2) is 9.24. The highest BCUT2D eigenvalue weighted by molar-refractivity contribution is 6.15. The van der Waals surface area contributed by atoms with Gasteiger partial charge in [0.1, 0.15) is 0 Å². The summed E-state index contributed by atoms with van der Waals surface area (Å²) in [7, 11) is 0. The number of nitriles is 2. The fourth-order valence-corrected chi connectivity index (χ4v) is 6.39. The third kappa shape index (κ3) is 3.40. The van der Waals surface area contributed by atoms with Gasteiger partial charge in [0.05, 0.1) is 51.0 Å². The molecule has 0 radical (unpaired) electrons. The molecule has 194 valence electrons. The first-order chi connectivity index (χ1) is 20.8. The summed E-state index contributed by atoms with van der Waals surface area (Å²) >= 11 is 0. The van der Waals surface area contributed by atoms with Crippen LogP contribution >= 0.6 is 0 Å². The van der Waals surface area contributed by atoms with Gasteiger partial charge in [-0.15, -0.1) is 0 Å². The fraction of sp³-hybridized carbons (Fsp3) is 0. The van der Waals surface area contributed by atoms with E-state index < -0.39 is 0 Å². The third-order valence-corrected chi connectivity index (χ3v) is 8.19. The van der Waals surface area contributed by atoms with Gasteiger partial charge in [0.2, 0.25) is 0 Å². The predicted molar refractivity (Wildman–Crippen MR) is 170 cm³/mol. The number of fused-ring (bicyclic) bond motifs is 6. The van der Waals surface area contributed by atoms with E-state index in [1.165, 1.54) is 10.8 Å². The lowest BCUT2D eigenvalue weighted by Crippen LogP contribution is -1.99. The van der Waals surface area contributed by atoms with Gasteiger partial charge in [0, 0.05) is 38.4 Å². The third-order valence-electron chi connectivity index (χ3n) is 8.19. The Labute approximate surface area is 242 Å². The lowest BCUT2D eigenvalue weighted by atomic mass is 9.99. The summed E-state index contributed by atoms with van der Waals surface area (Å²) in [4.78, 5) is 0. The van der Waals surface area contributed by atoms with Gasteiger partial charge in [-0.3, -0.25) is 0 Å². The number of benzene rings is 6. The van der Waals surface area contributed by atoms with Gasteiger partial charge in [-0.1, -0.05) is 72.8 Å². The highest BCUT2D eigenvalue weighted by Crippen LogP contribution is 2.42. The van der Waals surface area contributed by atoms with Crippen LogP contribution in [0.5, 0.6) is 0 Å². The van der Waals surface area contributed by atoms with Crippen molar-refractivity contribution in [2.45, 2.75) is 0 Å². The van der Waals surface area contributed by atoms with Crippen LogP contribution in [0.25, 0.3) is 66.1 Å². The average molecular weight is 535 g/mol. The zero-order valence-electron chi connectivity index (χ0n) is 22.5. The smallest absolute Gasteiger partial charge is 0.0991 e. The van der Waals surface area contributed by atoms with Crippen LogP contribution in [0.15, 0.2) is 133 Å². The van der Waals surface area contributed by atoms with Crippen molar-refractivity contribution in [3.8, 4) is 34.6 Å². The van der Waals surface area contributed by atoms with Crippen molar-refractivity contribution >= 4 is 43.6 Å². The molecule has 0 N–H and O–H groups in total. The monoisotopic (exact) mass is 534 g/mol. The molecular weight excluding hydrogens is 512 g/mol. The van der Waals surface area contributed by atoms with Gasteiger partial charge in [0.25, 0.3) is 0 Å². The Hall–Kier alpha value is -6.10. The van der Waals surface area contributed by atoms with Gasteiger partial charge in [-0.05, 0) is 60.7 Å². The van der Waals surface area contributed by atoms with Crippen molar-refractivity contribution in [3.63, 3.8) is 0 Å². The molecule has 8 rings (SSSR count). The number of hydrogen-bond acceptors (Lipinski definition) is 2. The summed E-state index contributed by atoms with van der Waals surface area (Å²) in [6, 6.07) is 50.2. The van der Waals surface area contributed by atoms with E-state index in [1.807, 2.05) is 42.5 Å². The number of hydrogen-bond donors (Lipinski definition) is 0. The van der Waals surface area contributed by atoms with Crippen LogP contribution in [0.1, 0.15) is 11.1 Å². The molecule has 0 saturated carbocycles. The number of aromatic nitrogens is 2. The molecular formula is C38H22N4. The van der Waals surface area contributed by atoms with E-state index in [0.29, 0.717) is 11.1 Å². The Kier molecular flexibility index (Phi) is 5.22. The summed E-state index contributed by atoms with van der Waals surface area (Å²) in [6.07, 6.45) is 0. The first kappa shape index (κ1) is 23.8. The van der Waals surface area contributed by atoms with Gasteiger partial charge in [-0.2, -0.15) is 10.5 Å². The normalized spacial score (nSPS) is 11.3. The van der Waals surface area contributed by atoms with Crippen molar-refractivity contribution in [1.82, 2.24) is 9.13 Å². The first-order valence-corrected chi connectivity index (χ1v) is 13.8. The zero-order chi connectivity index (χ0) is 28.2. The topological polar surface area (TPSA) is 57.4 Å². The van der Waals surface area contributed by atoms with Crippen molar-refractivity contribution in [2.24, 2.45) is 0 Å². The van der Waals surface area contributed by atoms with E-state index in [-0.39, 0.29) is 0 Å². The first-order valence-electron chi connectivity index (χ1n) is 13.8. The van der Waals surface area contributed by atoms with Crippen molar-refractivity contribution in [1.29, 1.82) is 10.5 Å². The van der Waals surface area contributed by atoms with Crippen molar-refractivity contribution < 1.29 is 0 Å². The summed E-state index contributed by atoms with van der Waals surface area (Å²) in [6.45, 7) is 0. The fourth-order valence-electron chi connectivity index (χ4n) is 6.39. The predicted octanol–water partition coefficient (Wildman–Crippen LogP) is 9.29. The Balaban J connectivity index is 1.49. The van der Waals surface area contributed by atoms with Crippen LogP contribution in [0.2, 0.25) is 0 Å². The quantitative estimate of drug-likeness (QED) is 0.227. The summed E-state index contributed by atoms with van der Waals surface area (Å²) < 4.78 is 4.62. The van der Waals surface area contributed by atoms with E-state index in [2.05, 4.69) is 112 Å². The minimum absolute atomic E-state index is 0.635. The molecule has 0 bridgehead atoms. The molecule has 0 unspecified atom stereocenters. The lowest BCUT2D eigenvalue weighted by molar-refractivity contribution is 1.17. The maximum atomic E-state index is 9.62.